The molecule has 0 aliphatic heterocycles. The number of rotatable bonds is 3. The van der Waals surface area contributed by atoms with E-state index in [-0.39, 0.29) is 0 Å². The first-order chi connectivity index (χ1) is 8.83. The summed E-state index contributed by atoms with van der Waals surface area (Å²) in [5.74, 6) is 0.967. The Labute approximate surface area is 109 Å². The number of hydrogen-bond donors (Lipinski definition) is 1. The van der Waals surface area contributed by atoms with Crippen LogP contribution in [0.5, 0.6) is 0 Å². The third kappa shape index (κ3) is 2.12. The maximum Gasteiger partial charge on any atom is 0.150 e. The van der Waals surface area contributed by atoms with Crippen LogP contribution in [0.15, 0.2) is 48.2 Å². The normalized spacial score (nSPS) is 10.7. The van der Waals surface area contributed by atoms with Crippen LogP contribution in [0.1, 0.15) is 5.69 Å². The van der Waals surface area contributed by atoms with Crippen molar-refractivity contribution in [3.8, 4) is 10.7 Å². The van der Waals surface area contributed by atoms with Gasteiger partial charge in [0.15, 0.2) is 0 Å². The summed E-state index contributed by atoms with van der Waals surface area (Å²) in [7, 11) is 0. The van der Waals surface area contributed by atoms with Crippen LogP contribution in [-0.2, 0) is 6.54 Å². The highest BCUT2D eigenvalue weighted by molar-refractivity contribution is 7.13. The summed E-state index contributed by atoms with van der Waals surface area (Å²) < 4.78 is 2.08. The zero-order valence-electron chi connectivity index (χ0n) is 9.65. The summed E-state index contributed by atoms with van der Waals surface area (Å²) in [6, 6.07) is 7.77. The van der Waals surface area contributed by atoms with Gasteiger partial charge in [0.2, 0.25) is 0 Å². The molecule has 5 heteroatoms. The fourth-order valence-corrected chi connectivity index (χ4v) is 2.56. The monoisotopic (exact) mass is 256 g/mol. The number of nitrogens with two attached hydrogens (primary N) is 1. The molecule has 0 saturated carbocycles. The minimum atomic E-state index is 0.679. The molecule has 4 nitrogen and oxygen atoms in total. The van der Waals surface area contributed by atoms with E-state index >= 15 is 0 Å². The Bertz CT molecular complexity index is 643. The van der Waals surface area contributed by atoms with E-state index in [1.165, 1.54) is 0 Å². The van der Waals surface area contributed by atoms with Crippen LogP contribution in [-0.4, -0.2) is 14.5 Å². The third-order valence-corrected chi connectivity index (χ3v) is 3.50. The smallest absolute Gasteiger partial charge is 0.150 e. The van der Waals surface area contributed by atoms with Crippen molar-refractivity contribution in [3.63, 3.8) is 0 Å². The lowest BCUT2D eigenvalue weighted by atomic mass is 10.3. The zero-order chi connectivity index (χ0) is 12.4. The third-order valence-electron chi connectivity index (χ3n) is 2.63. The molecule has 3 aromatic rings. The predicted octanol–water partition coefficient (Wildman–Crippen LogP) is 2.64. The zero-order valence-corrected chi connectivity index (χ0v) is 10.5. The number of anilines is 1. The largest absolute Gasteiger partial charge is 0.399 e. The van der Waals surface area contributed by atoms with Crippen molar-refractivity contribution in [3.05, 3.63) is 53.9 Å². The lowest BCUT2D eigenvalue weighted by Gasteiger charge is -2.06. The van der Waals surface area contributed by atoms with Crippen molar-refractivity contribution >= 4 is 17.0 Å². The van der Waals surface area contributed by atoms with Gasteiger partial charge in [0.1, 0.15) is 5.82 Å². The van der Waals surface area contributed by atoms with E-state index < -0.39 is 0 Å². The standard InChI is InChI=1S/C13H12N4S/c14-10-3-4-15-11(8-10)9-17-6-5-16-13(17)12-2-1-7-18-12/h1-8H,9H2,(H2,14,15). The van der Waals surface area contributed by atoms with Gasteiger partial charge in [0.25, 0.3) is 0 Å². The Hall–Kier alpha value is -2.14. The Balaban J connectivity index is 1.92. The van der Waals surface area contributed by atoms with Crippen LogP contribution < -0.4 is 5.73 Å². The summed E-state index contributed by atoms with van der Waals surface area (Å²) in [6.45, 7) is 0.679. The number of hydrogen-bond acceptors (Lipinski definition) is 4. The molecule has 0 bridgehead atoms. The summed E-state index contributed by atoms with van der Waals surface area (Å²) in [6.07, 6.45) is 5.49. The lowest BCUT2D eigenvalue weighted by molar-refractivity contribution is 0.784. The minimum Gasteiger partial charge on any atom is -0.399 e. The molecule has 0 saturated heterocycles. The van der Waals surface area contributed by atoms with Gasteiger partial charge in [-0.1, -0.05) is 6.07 Å². The average Bonchev–Trinajstić information content (AvgIpc) is 2.98. The SMILES string of the molecule is Nc1ccnc(Cn2ccnc2-c2cccs2)c1. The van der Waals surface area contributed by atoms with E-state index in [2.05, 4.69) is 20.6 Å². The van der Waals surface area contributed by atoms with Gasteiger partial charge in [-0.3, -0.25) is 4.98 Å². The van der Waals surface area contributed by atoms with Crippen LogP contribution in [0.25, 0.3) is 10.7 Å². The summed E-state index contributed by atoms with van der Waals surface area (Å²) in [5, 5.41) is 2.05. The second-order valence-electron chi connectivity index (χ2n) is 3.94. The predicted molar refractivity (Wildman–Crippen MR) is 73.3 cm³/mol. The Morgan fingerprint density at radius 2 is 2.17 bits per heavy atom. The quantitative estimate of drug-likeness (QED) is 0.783. The fraction of sp³-hybridized carbons (Fsp3) is 0.0769. The van der Waals surface area contributed by atoms with Gasteiger partial charge in [-0.15, -0.1) is 11.3 Å². The van der Waals surface area contributed by atoms with Crippen LogP contribution >= 0.6 is 11.3 Å². The first-order valence-corrected chi connectivity index (χ1v) is 6.46. The lowest BCUT2D eigenvalue weighted by Crippen LogP contribution is -2.03. The highest BCUT2D eigenvalue weighted by atomic mass is 32.1. The molecule has 0 radical (unpaired) electrons. The molecule has 3 aromatic heterocycles. The van der Waals surface area contributed by atoms with Crippen LogP contribution in [0, 0.1) is 0 Å². The molecule has 0 fully saturated rings. The number of pyridine rings is 1. The maximum absolute atomic E-state index is 5.76. The van der Waals surface area contributed by atoms with Gasteiger partial charge in [-0.05, 0) is 23.6 Å². The molecule has 0 aromatic carbocycles. The summed E-state index contributed by atoms with van der Waals surface area (Å²) >= 11 is 1.68. The Morgan fingerprint density at radius 3 is 2.94 bits per heavy atom. The number of nitrogens with zero attached hydrogens (tertiary/aromatic N) is 3. The maximum atomic E-state index is 5.76. The highest BCUT2D eigenvalue weighted by Crippen LogP contribution is 2.23. The van der Waals surface area contributed by atoms with Crippen LogP contribution in [0.2, 0.25) is 0 Å². The second-order valence-corrected chi connectivity index (χ2v) is 4.88. The number of thiophene rings is 1. The fourth-order valence-electron chi connectivity index (χ4n) is 1.83. The molecule has 0 spiro atoms. The van der Waals surface area contributed by atoms with Gasteiger partial charge in [0, 0.05) is 24.3 Å². The van der Waals surface area contributed by atoms with Gasteiger partial charge >= 0.3 is 0 Å². The van der Waals surface area contributed by atoms with Gasteiger partial charge in [-0.2, -0.15) is 0 Å². The second kappa shape index (κ2) is 4.62. The van der Waals surface area contributed by atoms with Crippen LogP contribution in [0.3, 0.4) is 0 Å². The van der Waals surface area contributed by atoms with E-state index in [4.69, 9.17) is 5.73 Å². The molecule has 0 aliphatic rings. The minimum absolute atomic E-state index is 0.679. The van der Waals surface area contributed by atoms with Crippen molar-refractivity contribution < 1.29 is 0 Å². The van der Waals surface area contributed by atoms with Gasteiger partial charge in [0.05, 0.1) is 17.1 Å². The van der Waals surface area contributed by atoms with Crippen molar-refractivity contribution in [2.24, 2.45) is 0 Å². The molecule has 0 unspecified atom stereocenters. The van der Waals surface area contributed by atoms with E-state index in [0.717, 1.165) is 22.1 Å². The molecule has 0 aliphatic carbocycles. The van der Waals surface area contributed by atoms with Crippen molar-refractivity contribution in [1.82, 2.24) is 14.5 Å². The number of aromatic nitrogens is 3. The number of nitrogen functional groups attached to an aromatic ring is 1. The summed E-state index contributed by atoms with van der Waals surface area (Å²) in [5.41, 5.74) is 7.43. The summed E-state index contributed by atoms with van der Waals surface area (Å²) in [4.78, 5) is 9.86. The molecule has 90 valence electrons. The molecular formula is C13H12N4S. The molecule has 2 N–H and O–H groups in total. The van der Waals surface area contributed by atoms with Gasteiger partial charge < -0.3 is 10.3 Å². The molecular weight excluding hydrogens is 244 g/mol. The van der Waals surface area contributed by atoms with E-state index in [1.807, 2.05) is 23.7 Å². The highest BCUT2D eigenvalue weighted by Gasteiger charge is 2.07. The first kappa shape index (κ1) is 11.0. The topological polar surface area (TPSA) is 56.7 Å². The molecule has 3 heterocycles. The Kier molecular flexibility index (Phi) is 2.82. The van der Waals surface area contributed by atoms with E-state index in [1.54, 1.807) is 29.8 Å². The molecule has 0 amide bonds. The number of imidazole rings is 1. The van der Waals surface area contributed by atoms with Gasteiger partial charge in [-0.25, -0.2) is 4.98 Å². The van der Waals surface area contributed by atoms with E-state index in [9.17, 15) is 0 Å². The van der Waals surface area contributed by atoms with Crippen LogP contribution in [0.4, 0.5) is 5.69 Å². The van der Waals surface area contributed by atoms with Crippen molar-refractivity contribution in [1.29, 1.82) is 0 Å². The average molecular weight is 256 g/mol. The van der Waals surface area contributed by atoms with Crippen molar-refractivity contribution in [2.75, 3.05) is 5.73 Å². The first-order valence-electron chi connectivity index (χ1n) is 5.58. The van der Waals surface area contributed by atoms with E-state index in [0.29, 0.717) is 6.54 Å². The Morgan fingerprint density at radius 1 is 1.22 bits per heavy atom. The molecule has 3 rings (SSSR count). The van der Waals surface area contributed by atoms with Crippen molar-refractivity contribution in [2.45, 2.75) is 6.54 Å². The molecule has 18 heavy (non-hydrogen) atoms. The molecule has 0 atom stereocenters.